The van der Waals surface area contributed by atoms with Crippen molar-refractivity contribution < 1.29 is 14.3 Å². The Hall–Kier alpha value is -1.37. The fourth-order valence-electron chi connectivity index (χ4n) is 2.83. The van der Waals surface area contributed by atoms with Crippen LogP contribution < -0.4 is 14.4 Å². The van der Waals surface area contributed by atoms with Gasteiger partial charge in [-0.1, -0.05) is 11.6 Å². The Morgan fingerprint density at radius 2 is 1.88 bits per heavy atom. The van der Waals surface area contributed by atoms with Crippen molar-refractivity contribution in [1.29, 1.82) is 0 Å². The van der Waals surface area contributed by atoms with E-state index in [4.69, 9.17) is 21.1 Å². The van der Waals surface area contributed by atoms with Gasteiger partial charge < -0.3 is 9.47 Å². The Balaban J connectivity index is 2.01. The highest BCUT2D eigenvalue weighted by molar-refractivity contribution is 9.10. The third-order valence-corrected chi connectivity index (χ3v) is 5.93. The lowest BCUT2D eigenvalue weighted by Gasteiger charge is -2.25. The molecule has 1 aliphatic heterocycles. The summed E-state index contributed by atoms with van der Waals surface area (Å²) in [6.45, 7) is 4.95. The van der Waals surface area contributed by atoms with Gasteiger partial charge in [0.25, 0.3) is 0 Å². The lowest BCUT2D eigenvalue weighted by atomic mass is 10.1. The van der Waals surface area contributed by atoms with Crippen molar-refractivity contribution in [1.82, 2.24) is 0 Å². The summed E-state index contributed by atoms with van der Waals surface area (Å²) in [6.07, 6.45) is 0. The maximum Gasteiger partial charge on any atom is 0.238 e. The van der Waals surface area contributed by atoms with Crippen LogP contribution in [0.5, 0.6) is 11.5 Å². The topological polar surface area (TPSA) is 38.8 Å². The Bertz CT molecular complexity index is 800. The number of hydrogen-bond acceptors (Lipinski definition) is 4. The number of benzene rings is 2. The average molecular weight is 457 g/mol. The van der Waals surface area contributed by atoms with Crippen LogP contribution in [0.25, 0.3) is 0 Å². The van der Waals surface area contributed by atoms with Gasteiger partial charge in [0.2, 0.25) is 5.91 Å². The maximum absolute atomic E-state index is 12.5. The lowest BCUT2D eigenvalue weighted by molar-refractivity contribution is -0.115. The molecule has 0 unspecified atom stereocenters. The Labute approximate surface area is 170 Å². The summed E-state index contributed by atoms with van der Waals surface area (Å²) in [5.74, 6) is 1.87. The normalized spacial score (nSPS) is 16.8. The van der Waals surface area contributed by atoms with Gasteiger partial charge in [-0.25, -0.2) is 0 Å². The van der Waals surface area contributed by atoms with Crippen LogP contribution in [-0.2, 0) is 4.79 Å². The molecule has 7 heteroatoms. The molecule has 0 N–H and O–H groups in total. The molecule has 0 aliphatic carbocycles. The standard InChI is InChI=1S/C19H19BrClNO3S/c1-3-24-16-10-12(9-15(20)18(16)25-4-2)19-22(17(23)11-26-19)14-7-5-13(21)6-8-14/h5-10,19H,3-4,11H2,1-2H3/t19-/m1/s1. The van der Waals surface area contributed by atoms with Crippen LogP contribution >= 0.6 is 39.3 Å². The fraction of sp³-hybridized carbons (Fsp3) is 0.316. The first-order valence-electron chi connectivity index (χ1n) is 8.33. The van der Waals surface area contributed by atoms with Gasteiger partial charge in [0, 0.05) is 10.7 Å². The summed E-state index contributed by atoms with van der Waals surface area (Å²) in [6, 6.07) is 11.3. The number of thioether (sulfide) groups is 1. The number of carbonyl (C=O) groups is 1. The molecule has 1 atom stereocenters. The molecule has 2 aromatic rings. The zero-order chi connectivity index (χ0) is 18.7. The molecule has 1 heterocycles. The van der Waals surface area contributed by atoms with E-state index in [1.165, 1.54) is 0 Å². The van der Waals surface area contributed by atoms with E-state index < -0.39 is 0 Å². The first-order valence-corrected chi connectivity index (χ1v) is 10.5. The third-order valence-electron chi connectivity index (χ3n) is 3.88. The largest absolute Gasteiger partial charge is 0.490 e. The summed E-state index contributed by atoms with van der Waals surface area (Å²) in [4.78, 5) is 14.3. The number of carbonyl (C=O) groups excluding carboxylic acids is 1. The maximum atomic E-state index is 12.5. The summed E-state index contributed by atoms with van der Waals surface area (Å²) >= 11 is 11.2. The molecule has 0 bridgehead atoms. The molecule has 26 heavy (non-hydrogen) atoms. The van der Waals surface area contributed by atoms with Crippen LogP contribution in [0.1, 0.15) is 24.8 Å². The number of amides is 1. The van der Waals surface area contributed by atoms with Crippen LogP contribution in [0.15, 0.2) is 40.9 Å². The molecule has 0 saturated carbocycles. The molecule has 1 saturated heterocycles. The fourth-order valence-corrected chi connectivity index (χ4v) is 4.69. The first-order chi connectivity index (χ1) is 12.5. The van der Waals surface area contributed by atoms with E-state index in [0.29, 0.717) is 35.5 Å². The molecule has 0 spiro atoms. The molecule has 3 rings (SSSR count). The van der Waals surface area contributed by atoms with E-state index in [-0.39, 0.29) is 11.3 Å². The molecule has 2 aromatic carbocycles. The van der Waals surface area contributed by atoms with Gasteiger partial charge in [-0.2, -0.15) is 0 Å². The Morgan fingerprint density at radius 3 is 2.54 bits per heavy atom. The minimum absolute atomic E-state index is 0.0743. The average Bonchev–Trinajstić information content (AvgIpc) is 3.00. The lowest BCUT2D eigenvalue weighted by Crippen LogP contribution is -2.27. The van der Waals surface area contributed by atoms with E-state index >= 15 is 0 Å². The number of ether oxygens (including phenoxy) is 2. The smallest absolute Gasteiger partial charge is 0.238 e. The summed E-state index contributed by atoms with van der Waals surface area (Å²) in [7, 11) is 0. The second-order valence-electron chi connectivity index (χ2n) is 5.60. The minimum atomic E-state index is -0.130. The van der Waals surface area contributed by atoms with E-state index in [1.807, 2.05) is 38.1 Å². The molecule has 4 nitrogen and oxygen atoms in total. The SMILES string of the molecule is CCOc1cc([C@H]2SCC(=O)N2c2ccc(Cl)cc2)cc(Br)c1OCC. The van der Waals surface area contributed by atoms with Crippen molar-refractivity contribution in [2.75, 3.05) is 23.9 Å². The van der Waals surface area contributed by atoms with Gasteiger partial charge in [0.15, 0.2) is 11.5 Å². The third kappa shape index (κ3) is 3.97. The van der Waals surface area contributed by atoms with Gasteiger partial charge >= 0.3 is 0 Å². The van der Waals surface area contributed by atoms with E-state index in [0.717, 1.165) is 15.7 Å². The second kappa shape index (κ2) is 8.55. The molecule has 1 fully saturated rings. The van der Waals surface area contributed by atoms with E-state index in [1.54, 1.807) is 28.8 Å². The highest BCUT2D eigenvalue weighted by atomic mass is 79.9. The minimum Gasteiger partial charge on any atom is -0.490 e. The van der Waals surface area contributed by atoms with Crippen molar-refractivity contribution in [3.05, 3.63) is 51.5 Å². The number of rotatable bonds is 6. The van der Waals surface area contributed by atoms with Gasteiger partial charge in [-0.3, -0.25) is 9.69 Å². The molecule has 1 aliphatic rings. The Morgan fingerprint density at radius 1 is 1.19 bits per heavy atom. The summed E-state index contributed by atoms with van der Waals surface area (Å²) < 4.78 is 12.3. The van der Waals surface area contributed by atoms with Crippen LogP contribution in [0.2, 0.25) is 5.02 Å². The second-order valence-corrected chi connectivity index (χ2v) is 7.96. The molecule has 0 radical (unpaired) electrons. The molecular formula is C19H19BrClNO3S. The van der Waals surface area contributed by atoms with Crippen LogP contribution in [-0.4, -0.2) is 24.9 Å². The van der Waals surface area contributed by atoms with Crippen molar-refractivity contribution in [2.24, 2.45) is 0 Å². The highest BCUT2D eigenvalue weighted by Gasteiger charge is 2.35. The molecule has 138 valence electrons. The van der Waals surface area contributed by atoms with Gasteiger partial charge in [0.1, 0.15) is 5.37 Å². The number of anilines is 1. The number of halogens is 2. The van der Waals surface area contributed by atoms with Crippen LogP contribution in [0.4, 0.5) is 5.69 Å². The van der Waals surface area contributed by atoms with Crippen molar-refractivity contribution in [3.63, 3.8) is 0 Å². The molecule has 1 amide bonds. The van der Waals surface area contributed by atoms with Gasteiger partial charge in [-0.05, 0) is 71.7 Å². The van der Waals surface area contributed by atoms with E-state index in [9.17, 15) is 4.79 Å². The van der Waals surface area contributed by atoms with Crippen molar-refractivity contribution >= 4 is 50.9 Å². The van der Waals surface area contributed by atoms with Crippen molar-refractivity contribution in [3.8, 4) is 11.5 Å². The molecular weight excluding hydrogens is 438 g/mol. The van der Waals surface area contributed by atoms with Crippen molar-refractivity contribution in [2.45, 2.75) is 19.2 Å². The first kappa shape index (κ1) is 19.4. The predicted octanol–water partition coefficient (Wildman–Crippen LogP) is 5.68. The van der Waals surface area contributed by atoms with Crippen LogP contribution in [0, 0.1) is 0 Å². The highest BCUT2D eigenvalue weighted by Crippen LogP contribution is 2.46. The monoisotopic (exact) mass is 455 g/mol. The molecule has 0 aromatic heterocycles. The van der Waals surface area contributed by atoms with Gasteiger partial charge in [0.05, 0.1) is 23.4 Å². The zero-order valence-electron chi connectivity index (χ0n) is 14.5. The van der Waals surface area contributed by atoms with Gasteiger partial charge in [-0.15, -0.1) is 11.8 Å². The zero-order valence-corrected chi connectivity index (χ0v) is 17.7. The quantitative estimate of drug-likeness (QED) is 0.561. The Kier molecular flexibility index (Phi) is 6.37. The summed E-state index contributed by atoms with van der Waals surface area (Å²) in [5, 5.41) is 0.516. The van der Waals surface area contributed by atoms with Crippen LogP contribution in [0.3, 0.4) is 0 Å². The number of hydrogen-bond donors (Lipinski definition) is 0. The number of nitrogens with zero attached hydrogens (tertiary/aromatic N) is 1. The predicted molar refractivity (Wildman–Crippen MR) is 111 cm³/mol. The van der Waals surface area contributed by atoms with E-state index in [2.05, 4.69) is 15.9 Å². The summed E-state index contributed by atoms with van der Waals surface area (Å²) in [5.41, 5.74) is 1.81.